The lowest BCUT2D eigenvalue weighted by atomic mass is 10.1. The Labute approximate surface area is 157 Å². The van der Waals surface area contributed by atoms with Crippen LogP contribution < -0.4 is 5.32 Å². The number of thioether (sulfide) groups is 1. The molecule has 1 amide bonds. The van der Waals surface area contributed by atoms with Gasteiger partial charge in [-0.25, -0.2) is 0 Å². The van der Waals surface area contributed by atoms with Gasteiger partial charge in [-0.3, -0.25) is 4.79 Å². The topological polar surface area (TPSA) is 59.8 Å². The summed E-state index contributed by atoms with van der Waals surface area (Å²) in [5.41, 5.74) is 2.27. The third-order valence-electron chi connectivity index (χ3n) is 4.01. The Morgan fingerprint density at radius 3 is 2.46 bits per heavy atom. The van der Waals surface area contributed by atoms with Crippen LogP contribution in [0.4, 0.5) is 0 Å². The van der Waals surface area contributed by atoms with Crippen LogP contribution in [0.5, 0.6) is 0 Å². The lowest BCUT2D eigenvalue weighted by Gasteiger charge is -2.06. The number of aromatic nitrogens is 3. The van der Waals surface area contributed by atoms with Crippen molar-refractivity contribution in [1.29, 1.82) is 0 Å². The van der Waals surface area contributed by atoms with Crippen molar-refractivity contribution in [3.8, 4) is 11.4 Å². The second-order valence-electron chi connectivity index (χ2n) is 5.92. The Bertz CT molecular complexity index is 834. The van der Waals surface area contributed by atoms with E-state index in [4.69, 9.17) is 0 Å². The molecule has 134 valence electrons. The number of carbonyl (C=O) groups excluding carboxylic acids is 1. The van der Waals surface area contributed by atoms with Gasteiger partial charge in [-0.1, -0.05) is 72.4 Å². The molecular weight excluding hydrogens is 344 g/mol. The van der Waals surface area contributed by atoms with Gasteiger partial charge in [-0.05, 0) is 12.0 Å². The first-order valence-corrected chi connectivity index (χ1v) is 9.61. The van der Waals surface area contributed by atoms with Crippen LogP contribution in [-0.2, 0) is 18.3 Å². The van der Waals surface area contributed by atoms with Gasteiger partial charge in [0.25, 0.3) is 0 Å². The number of carbonyl (C=O) groups is 1. The number of nitrogens with zero attached hydrogens (tertiary/aromatic N) is 3. The summed E-state index contributed by atoms with van der Waals surface area (Å²) in [7, 11) is 1.95. The Morgan fingerprint density at radius 2 is 1.73 bits per heavy atom. The number of nitrogens with one attached hydrogen (secondary N) is 1. The fourth-order valence-corrected chi connectivity index (χ4v) is 3.44. The van der Waals surface area contributed by atoms with Crippen molar-refractivity contribution in [3.05, 3.63) is 66.2 Å². The lowest BCUT2D eigenvalue weighted by molar-refractivity contribution is -0.120. The van der Waals surface area contributed by atoms with Crippen molar-refractivity contribution >= 4 is 17.7 Å². The van der Waals surface area contributed by atoms with Crippen molar-refractivity contribution in [3.63, 3.8) is 0 Å². The summed E-state index contributed by atoms with van der Waals surface area (Å²) in [6, 6.07) is 20.1. The van der Waals surface area contributed by atoms with E-state index in [9.17, 15) is 4.79 Å². The molecule has 0 spiro atoms. The molecule has 5 nitrogen and oxygen atoms in total. The Hall–Kier alpha value is -2.60. The zero-order valence-corrected chi connectivity index (χ0v) is 15.6. The van der Waals surface area contributed by atoms with Gasteiger partial charge in [-0.15, -0.1) is 10.2 Å². The number of amides is 1. The van der Waals surface area contributed by atoms with Crippen LogP contribution in [0.25, 0.3) is 11.4 Å². The molecule has 0 aliphatic carbocycles. The first-order chi connectivity index (χ1) is 12.7. The molecule has 0 radical (unpaired) electrons. The molecule has 0 atom stereocenters. The maximum Gasteiger partial charge on any atom is 0.220 e. The minimum Gasteiger partial charge on any atom is -0.356 e. The van der Waals surface area contributed by atoms with Gasteiger partial charge in [0.1, 0.15) is 0 Å². The SMILES string of the molecule is Cn1c(SCCC(=O)NCCc2ccccc2)nnc1-c1ccccc1. The highest BCUT2D eigenvalue weighted by molar-refractivity contribution is 7.99. The molecule has 2 aromatic carbocycles. The summed E-state index contributed by atoms with van der Waals surface area (Å²) in [5.74, 6) is 1.58. The number of hydrogen-bond acceptors (Lipinski definition) is 4. The Kier molecular flexibility index (Phi) is 6.44. The van der Waals surface area contributed by atoms with Gasteiger partial charge in [0, 0.05) is 31.3 Å². The van der Waals surface area contributed by atoms with Crippen LogP contribution in [-0.4, -0.2) is 33.0 Å². The first-order valence-electron chi connectivity index (χ1n) is 8.62. The average molecular weight is 366 g/mol. The smallest absolute Gasteiger partial charge is 0.220 e. The fraction of sp³-hybridized carbons (Fsp3) is 0.250. The summed E-state index contributed by atoms with van der Waals surface area (Å²) in [5, 5.41) is 12.3. The molecule has 0 aliphatic heterocycles. The van der Waals surface area contributed by atoms with Crippen molar-refractivity contribution in [1.82, 2.24) is 20.1 Å². The molecule has 0 saturated heterocycles. The molecule has 1 heterocycles. The second kappa shape index (κ2) is 9.20. The zero-order chi connectivity index (χ0) is 18.2. The molecular formula is C20H22N4OS. The molecule has 0 saturated carbocycles. The van der Waals surface area contributed by atoms with Gasteiger partial charge >= 0.3 is 0 Å². The molecule has 0 unspecified atom stereocenters. The summed E-state index contributed by atoms with van der Waals surface area (Å²) in [4.78, 5) is 12.0. The van der Waals surface area contributed by atoms with Crippen LogP contribution in [0.1, 0.15) is 12.0 Å². The Balaban J connectivity index is 1.42. The predicted molar refractivity (Wildman–Crippen MR) is 105 cm³/mol. The van der Waals surface area contributed by atoms with Crippen molar-refractivity contribution in [2.75, 3.05) is 12.3 Å². The Morgan fingerprint density at radius 1 is 1.04 bits per heavy atom. The van der Waals surface area contributed by atoms with E-state index in [0.717, 1.165) is 23.0 Å². The largest absolute Gasteiger partial charge is 0.356 e. The maximum absolute atomic E-state index is 12.0. The van der Waals surface area contributed by atoms with Crippen molar-refractivity contribution in [2.45, 2.75) is 18.0 Å². The third-order valence-corrected chi connectivity index (χ3v) is 5.03. The summed E-state index contributed by atoms with van der Waals surface area (Å²) in [6.45, 7) is 0.662. The van der Waals surface area contributed by atoms with Crippen LogP contribution in [0.2, 0.25) is 0 Å². The van der Waals surface area contributed by atoms with E-state index in [-0.39, 0.29) is 5.91 Å². The fourth-order valence-electron chi connectivity index (χ4n) is 2.59. The van der Waals surface area contributed by atoms with Crippen LogP contribution in [0.3, 0.4) is 0 Å². The standard InChI is InChI=1S/C20H22N4OS/c1-24-19(17-10-6-3-7-11-17)22-23-20(24)26-15-13-18(25)21-14-12-16-8-4-2-5-9-16/h2-11H,12-15H2,1H3,(H,21,25). The molecule has 6 heteroatoms. The molecule has 3 rings (SSSR count). The van der Waals surface area contributed by atoms with E-state index in [1.807, 2.05) is 60.1 Å². The monoisotopic (exact) mass is 366 g/mol. The molecule has 26 heavy (non-hydrogen) atoms. The summed E-state index contributed by atoms with van der Waals surface area (Å²) >= 11 is 1.55. The first kappa shape index (κ1) is 18.2. The van der Waals surface area contributed by atoms with Crippen molar-refractivity contribution < 1.29 is 4.79 Å². The summed E-state index contributed by atoms with van der Waals surface area (Å²) < 4.78 is 1.97. The van der Waals surface area contributed by atoms with Crippen molar-refractivity contribution in [2.24, 2.45) is 7.05 Å². The molecule has 0 fully saturated rings. The number of hydrogen-bond donors (Lipinski definition) is 1. The highest BCUT2D eigenvalue weighted by atomic mass is 32.2. The summed E-state index contributed by atoms with van der Waals surface area (Å²) in [6.07, 6.45) is 1.32. The molecule has 1 N–H and O–H groups in total. The molecule has 3 aromatic rings. The number of rotatable bonds is 8. The van der Waals surface area contributed by atoms with Gasteiger partial charge in [-0.2, -0.15) is 0 Å². The van der Waals surface area contributed by atoms with Gasteiger partial charge in [0.2, 0.25) is 5.91 Å². The highest BCUT2D eigenvalue weighted by Crippen LogP contribution is 2.22. The highest BCUT2D eigenvalue weighted by Gasteiger charge is 2.11. The van der Waals surface area contributed by atoms with Gasteiger partial charge in [0.05, 0.1) is 0 Å². The quantitative estimate of drug-likeness (QED) is 0.621. The third kappa shape index (κ3) is 4.95. The van der Waals surface area contributed by atoms with E-state index >= 15 is 0 Å². The maximum atomic E-state index is 12.0. The lowest BCUT2D eigenvalue weighted by Crippen LogP contribution is -2.25. The van der Waals surface area contributed by atoms with E-state index in [0.29, 0.717) is 18.7 Å². The average Bonchev–Trinajstić information content (AvgIpc) is 3.04. The van der Waals surface area contributed by atoms with Crippen LogP contribution in [0, 0.1) is 0 Å². The minimum absolute atomic E-state index is 0.0684. The molecule has 0 aliphatic rings. The van der Waals surface area contributed by atoms with E-state index in [2.05, 4.69) is 27.6 Å². The molecule has 1 aromatic heterocycles. The van der Waals surface area contributed by atoms with E-state index in [1.165, 1.54) is 5.56 Å². The zero-order valence-electron chi connectivity index (χ0n) is 14.8. The van der Waals surface area contributed by atoms with Crippen LogP contribution in [0.15, 0.2) is 65.8 Å². The van der Waals surface area contributed by atoms with Gasteiger partial charge < -0.3 is 9.88 Å². The van der Waals surface area contributed by atoms with Crippen LogP contribution >= 0.6 is 11.8 Å². The predicted octanol–water partition coefficient (Wildman–Crippen LogP) is 3.32. The normalized spacial score (nSPS) is 10.7. The second-order valence-corrected chi connectivity index (χ2v) is 6.98. The van der Waals surface area contributed by atoms with E-state index < -0.39 is 0 Å². The minimum atomic E-state index is 0.0684. The molecule has 0 bridgehead atoms. The van der Waals surface area contributed by atoms with Gasteiger partial charge in [0.15, 0.2) is 11.0 Å². The van der Waals surface area contributed by atoms with E-state index in [1.54, 1.807) is 11.8 Å². The number of benzene rings is 2.